The van der Waals surface area contributed by atoms with Crippen LogP contribution in [-0.2, 0) is 9.53 Å². The minimum Gasteiger partial charge on any atom is -0.454 e. The van der Waals surface area contributed by atoms with Crippen LogP contribution in [0.5, 0.6) is 0 Å². The number of hydrogen-bond acceptors (Lipinski definition) is 6. The standard InChI is InChI=1S/C15H15ClF3N3O3/c1-8(20)12(13(21)22-7-15(17,18)19)14(24)25-6-11(23)9-4-2-3-5-10(9)16/h2-5,20,22H,6-7,21H2,1H3/b13-12+,20-8?. The molecular weight excluding hydrogens is 363 g/mol. The first-order valence-electron chi connectivity index (χ1n) is 6.83. The zero-order valence-electron chi connectivity index (χ0n) is 13.0. The molecule has 136 valence electrons. The second-order valence-electron chi connectivity index (χ2n) is 4.86. The van der Waals surface area contributed by atoms with Crippen LogP contribution < -0.4 is 11.1 Å². The van der Waals surface area contributed by atoms with Crippen molar-refractivity contribution in [2.75, 3.05) is 13.2 Å². The lowest BCUT2D eigenvalue weighted by atomic mass is 10.1. The number of hydrogen-bond donors (Lipinski definition) is 3. The van der Waals surface area contributed by atoms with Gasteiger partial charge in [-0.2, -0.15) is 13.2 Å². The maximum atomic E-state index is 12.2. The van der Waals surface area contributed by atoms with Crippen LogP contribution in [0, 0.1) is 5.41 Å². The summed E-state index contributed by atoms with van der Waals surface area (Å²) < 4.78 is 41.3. The third-order valence-electron chi connectivity index (χ3n) is 2.84. The number of halogens is 4. The maximum Gasteiger partial charge on any atom is 0.405 e. The summed E-state index contributed by atoms with van der Waals surface area (Å²) in [5.74, 6) is -2.47. The molecule has 0 atom stereocenters. The van der Waals surface area contributed by atoms with Gasteiger partial charge in [0.25, 0.3) is 0 Å². The first-order valence-corrected chi connectivity index (χ1v) is 7.21. The van der Waals surface area contributed by atoms with Crippen molar-refractivity contribution in [3.05, 3.63) is 46.2 Å². The predicted octanol–water partition coefficient (Wildman–Crippen LogP) is 2.43. The number of benzene rings is 1. The lowest BCUT2D eigenvalue weighted by Gasteiger charge is -2.14. The van der Waals surface area contributed by atoms with Crippen molar-refractivity contribution >= 4 is 29.1 Å². The van der Waals surface area contributed by atoms with Gasteiger partial charge in [-0.25, -0.2) is 4.79 Å². The van der Waals surface area contributed by atoms with E-state index in [0.717, 1.165) is 6.92 Å². The number of rotatable bonds is 7. The van der Waals surface area contributed by atoms with Gasteiger partial charge in [-0.3, -0.25) is 4.79 Å². The molecule has 25 heavy (non-hydrogen) atoms. The number of carbonyl (C=O) groups excluding carboxylic acids is 2. The summed E-state index contributed by atoms with van der Waals surface area (Å²) in [7, 11) is 0. The molecule has 0 unspecified atom stereocenters. The van der Waals surface area contributed by atoms with Gasteiger partial charge in [-0.15, -0.1) is 0 Å². The fraction of sp³-hybridized carbons (Fsp3) is 0.267. The zero-order chi connectivity index (χ0) is 19.2. The monoisotopic (exact) mass is 377 g/mol. The van der Waals surface area contributed by atoms with E-state index in [-0.39, 0.29) is 10.6 Å². The second kappa shape index (κ2) is 8.52. The average molecular weight is 378 g/mol. The molecular formula is C15H15ClF3N3O3. The lowest BCUT2D eigenvalue weighted by molar-refractivity contribution is -0.137. The van der Waals surface area contributed by atoms with E-state index in [1.165, 1.54) is 12.1 Å². The van der Waals surface area contributed by atoms with Crippen LogP contribution in [-0.4, -0.2) is 36.8 Å². The second-order valence-corrected chi connectivity index (χ2v) is 5.27. The van der Waals surface area contributed by atoms with E-state index >= 15 is 0 Å². The Hall–Kier alpha value is -2.55. The molecule has 1 rings (SSSR count). The number of ketones is 1. The van der Waals surface area contributed by atoms with Crippen molar-refractivity contribution in [1.29, 1.82) is 5.41 Å². The molecule has 0 saturated heterocycles. The van der Waals surface area contributed by atoms with E-state index in [1.807, 2.05) is 0 Å². The van der Waals surface area contributed by atoms with Crippen LogP contribution in [0.2, 0.25) is 5.02 Å². The summed E-state index contributed by atoms with van der Waals surface area (Å²) in [6, 6.07) is 6.07. The van der Waals surface area contributed by atoms with Gasteiger partial charge in [0, 0.05) is 11.3 Å². The van der Waals surface area contributed by atoms with E-state index in [4.69, 9.17) is 27.5 Å². The summed E-state index contributed by atoms with van der Waals surface area (Å²) in [6.07, 6.45) is -4.56. The van der Waals surface area contributed by atoms with Crippen molar-refractivity contribution < 1.29 is 27.5 Å². The minimum atomic E-state index is -4.56. The van der Waals surface area contributed by atoms with Crippen molar-refractivity contribution in [2.45, 2.75) is 13.1 Å². The fourth-order valence-corrected chi connectivity index (χ4v) is 1.96. The number of alkyl halides is 3. The van der Waals surface area contributed by atoms with Gasteiger partial charge in [-0.1, -0.05) is 23.7 Å². The third kappa shape index (κ3) is 6.46. The van der Waals surface area contributed by atoms with E-state index in [1.54, 1.807) is 17.4 Å². The molecule has 6 nitrogen and oxygen atoms in total. The molecule has 0 aliphatic rings. The maximum absolute atomic E-state index is 12.2. The molecule has 0 heterocycles. The van der Waals surface area contributed by atoms with Gasteiger partial charge >= 0.3 is 12.1 Å². The minimum absolute atomic E-state index is 0.122. The van der Waals surface area contributed by atoms with E-state index in [9.17, 15) is 22.8 Å². The lowest BCUT2D eigenvalue weighted by Crippen LogP contribution is -2.35. The zero-order valence-corrected chi connectivity index (χ0v) is 13.8. The molecule has 0 bridgehead atoms. The first kappa shape index (κ1) is 20.5. The normalized spacial score (nSPS) is 12.2. The number of carbonyl (C=O) groups is 2. The number of ether oxygens (including phenoxy) is 1. The number of Topliss-reactive ketones (excluding diaryl/α,β-unsaturated/α-hetero) is 1. The predicted molar refractivity (Wildman–Crippen MR) is 85.4 cm³/mol. The van der Waals surface area contributed by atoms with E-state index < -0.39 is 48.2 Å². The first-order chi connectivity index (χ1) is 11.5. The highest BCUT2D eigenvalue weighted by atomic mass is 35.5. The molecule has 1 aromatic carbocycles. The van der Waals surface area contributed by atoms with Gasteiger partial charge in [0.15, 0.2) is 6.61 Å². The fourth-order valence-electron chi connectivity index (χ4n) is 1.72. The Bertz CT molecular complexity index is 717. The SMILES string of the molecule is CC(=N)/C(C(=O)OCC(=O)c1ccccc1Cl)=C(/N)NCC(F)(F)F. The van der Waals surface area contributed by atoms with Gasteiger partial charge in [0.2, 0.25) is 5.78 Å². The molecule has 0 saturated carbocycles. The van der Waals surface area contributed by atoms with Crippen LogP contribution in [0.1, 0.15) is 17.3 Å². The van der Waals surface area contributed by atoms with Crippen molar-refractivity contribution in [3.8, 4) is 0 Å². The van der Waals surface area contributed by atoms with E-state index in [0.29, 0.717) is 0 Å². The molecule has 0 aliphatic carbocycles. The Morgan fingerprint density at radius 1 is 1.32 bits per heavy atom. The van der Waals surface area contributed by atoms with Gasteiger partial charge in [0.05, 0.1) is 5.02 Å². The Balaban J connectivity index is 2.82. The molecule has 0 fully saturated rings. The molecule has 0 spiro atoms. The van der Waals surface area contributed by atoms with E-state index in [2.05, 4.69) is 0 Å². The average Bonchev–Trinajstić information content (AvgIpc) is 2.50. The van der Waals surface area contributed by atoms with Crippen LogP contribution >= 0.6 is 11.6 Å². The number of esters is 1. The Labute approximate surface area is 146 Å². The van der Waals surface area contributed by atoms with Crippen LogP contribution in [0.25, 0.3) is 0 Å². The molecule has 0 aliphatic heterocycles. The van der Waals surface area contributed by atoms with Gasteiger partial charge in [-0.05, 0) is 19.1 Å². The van der Waals surface area contributed by atoms with Crippen LogP contribution in [0.3, 0.4) is 0 Å². The topological polar surface area (TPSA) is 105 Å². The Morgan fingerprint density at radius 2 is 1.92 bits per heavy atom. The Kier molecular flexibility index (Phi) is 6.98. The molecule has 10 heteroatoms. The third-order valence-corrected chi connectivity index (χ3v) is 3.17. The highest BCUT2D eigenvalue weighted by Crippen LogP contribution is 2.16. The summed E-state index contributed by atoms with van der Waals surface area (Å²) in [6.45, 7) is -1.04. The van der Waals surface area contributed by atoms with Gasteiger partial charge < -0.3 is 21.2 Å². The molecule has 0 aromatic heterocycles. The van der Waals surface area contributed by atoms with Crippen molar-refractivity contribution in [2.24, 2.45) is 5.73 Å². The number of nitrogens with two attached hydrogens (primary N) is 1. The number of nitrogens with one attached hydrogen (secondary N) is 2. The molecule has 0 radical (unpaired) electrons. The highest BCUT2D eigenvalue weighted by molar-refractivity contribution is 6.34. The highest BCUT2D eigenvalue weighted by Gasteiger charge is 2.28. The summed E-state index contributed by atoms with van der Waals surface area (Å²) >= 11 is 5.84. The Morgan fingerprint density at radius 3 is 2.44 bits per heavy atom. The summed E-state index contributed by atoms with van der Waals surface area (Å²) in [5, 5.41) is 9.42. The molecule has 1 aromatic rings. The largest absolute Gasteiger partial charge is 0.454 e. The van der Waals surface area contributed by atoms with Crippen molar-refractivity contribution in [3.63, 3.8) is 0 Å². The van der Waals surface area contributed by atoms with Crippen molar-refractivity contribution in [1.82, 2.24) is 5.32 Å². The van der Waals surface area contributed by atoms with Crippen LogP contribution in [0.4, 0.5) is 13.2 Å². The van der Waals surface area contributed by atoms with Crippen LogP contribution in [0.15, 0.2) is 35.7 Å². The van der Waals surface area contributed by atoms with Gasteiger partial charge in [0.1, 0.15) is 17.9 Å². The summed E-state index contributed by atoms with van der Waals surface area (Å²) in [4.78, 5) is 23.9. The molecule has 4 N–H and O–H groups in total. The summed E-state index contributed by atoms with van der Waals surface area (Å²) in [5.41, 5.74) is 4.51. The smallest absolute Gasteiger partial charge is 0.405 e. The molecule has 0 amide bonds. The quantitative estimate of drug-likeness (QED) is 0.293.